The molecule has 0 saturated heterocycles. The van der Waals surface area contributed by atoms with E-state index in [2.05, 4.69) is 17.5 Å². The maximum absolute atomic E-state index is 10.8. The maximum Gasteiger partial charge on any atom is 0.181 e. The van der Waals surface area contributed by atoms with Crippen LogP contribution in [0.25, 0.3) is 0 Å². The van der Waals surface area contributed by atoms with E-state index in [1.165, 1.54) is 4.88 Å². The second kappa shape index (κ2) is 4.24. The first-order valence-electron chi connectivity index (χ1n) is 4.53. The predicted octanol–water partition coefficient (Wildman–Crippen LogP) is 2.15. The molecule has 0 spiro atoms. The van der Waals surface area contributed by atoms with Gasteiger partial charge in [-0.3, -0.25) is 4.79 Å². The second-order valence-corrected chi connectivity index (χ2v) is 4.13. The summed E-state index contributed by atoms with van der Waals surface area (Å²) in [4.78, 5) is 12.2. The van der Waals surface area contributed by atoms with Gasteiger partial charge < -0.3 is 4.57 Å². The van der Waals surface area contributed by atoms with E-state index >= 15 is 0 Å². The van der Waals surface area contributed by atoms with Crippen molar-refractivity contribution < 1.29 is 0 Å². The Hall–Kier alpha value is -1.35. The fraction of sp³-hybridized carbons (Fsp3) is 0.182. The van der Waals surface area contributed by atoms with Crippen molar-refractivity contribution in [2.75, 3.05) is 0 Å². The van der Waals surface area contributed by atoms with Crippen LogP contribution in [0, 0.1) is 0 Å². The highest BCUT2D eigenvalue weighted by atomic mass is 32.1. The highest BCUT2D eigenvalue weighted by Crippen LogP contribution is 2.09. The smallest absolute Gasteiger partial charge is 0.181 e. The van der Waals surface area contributed by atoms with Crippen LogP contribution in [0.4, 0.5) is 0 Å². The lowest BCUT2D eigenvalue weighted by Crippen LogP contribution is -2.04. The van der Waals surface area contributed by atoms with Crippen LogP contribution in [-0.4, -0.2) is 4.57 Å². The molecule has 0 saturated carbocycles. The van der Waals surface area contributed by atoms with E-state index in [4.69, 9.17) is 0 Å². The van der Waals surface area contributed by atoms with Gasteiger partial charge >= 0.3 is 0 Å². The molecular formula is C11H11NOS. The predicted molar refractivity (Wildman–Crippen MR) is 58.7 cm³/mol. The minimum absolute atomic E-state index is 0.0670. The van der Waals surface area contributed by atoms with E-state index in [-0.39, 0.29) is 5.43 Å². The van der Waals surface area contributed by atoms with Gasteiger partial charge in [0.05, 0.1) is 0 Å². The number of hydrogen-bond acceptors (Lipinski definition) is 2. The Morgan fingerprint density at radius 2 is 2.00 bits per heavy atom. The van der Waals surface area contributed by atoms with Crippen molar-refractivity contribution in [2.45, 2.75) is 13.0 Å². The first kappa shape index (κ1) is 9.21. The zero-order valence-electron chi connectivity index (χ0n) is 7.72. The van der Waals surface area contributed by atoms with Crippen LogP contribution in [0.3, 0.4) is 0 Å². The summed E-state index contributed by atoms with van der Waals surface area (Å²) >= 11 is 1.77. The molecule has 72 valence electrons. The van der Waals surface area contributed by atoms with E-state index < -0.39 is 0 Å². The summed E-state index contributed by atoms with van der Waals surface area (Å²) in [5.41, 5.74) is 0.0670. The summed E-state index contributed by atoms with van der Waals surface area (Å²) in [7, 11) is 0. The summed E-state index contributed by atoms with van der Waals surface area (Å²) < 4.78 is 2.03. The van der Waals surface area contributed by atoms with E-state index in [1.54, 1.807) is 23.5 Å². The molecule has 2 aromatic heterocycles. The van der Waals surface area contributed by atoms with E-state index in [9.17, 15) is 4.79 Å². The van der Waals surface area contributed by atoms with E-state index in [1.807, 2.05) is 17.0 Å². The quantitative estimate of drug-likeness (QED) is 0.752. The Bertz CT molecular complexity index is 424. The number of rotatable bonds is 3. The summed E-state index contributed by atoms with van der Waals surface area (Å²) in [6.07, 6.45) is 4.69. The maximum atomic E-state index is 10.8. The lowest BCUT2D eigenvalue weighted by Gasteiger charge is -2.03. The molecule has 0 unspecified atom stereocenters. The highest BCUT2D eigenvalue weighted by Gasteiger charge is 1.93. The Morgan fingerprint density at radius 1 is 1.21 bits per heavy atom. The molecule has 0 amide bonds. The number of hydrogen-bond donors (Lipinski definition) is 0. The normalized spacial score (nSPS) is 10.3. The van der Waals surface area contributed by atoms with Crippen LogP contribution in [0.1, 0.15) is 4.88 Å². The fourth-order valence-electron chi connectivity index (χ4n) is 1.29. The van der Waals surface area contributed by atoms with Gasteiger partial charge in [-0.15, -0.1) is 11.3 Å². The van der Waals surface area contributed by atoms with Gasteiger partial charge in [-0.05, 0) is 17.9 Å². The zero-order chi connectivity index (χ0) is 9.80. The van der Waals surface area contributed by atoms with Gasteiger partial charge in [0.25, 0.3) is 0 Å². The Kier molecular flexibility index (Phi) is 2.79. The second-order valence-electron chi connectivity index (χ2n) is 3.10. The Balaban J connectivity index is 1.99. The van der Waals surface area contributed by atoms with Crippen LogP contribution in [0.5, 0.6) is 0 Å². The third kappa shape index (κ3) is 2.33. The third-order valence-corrected chi connectivity index (χ3v) is 2.99. The Labute approximate surface area is 86.4 Å². The average Bonchev–Trinajstić information content (AvgIpc) is 2.70. The molecule has 2 nitrogen and oxygen atoms in total. The molecule has 0 fully saturated rings. The molecule has 3 heteroatoms. The number of aryl methyl sites for hydroxylation is 2. The third-order valence-electron chi connectivity index (χ3n) is 2.06. The van der Waals surface area contributed by atoms with Crippen LogP contribution in [0.15, 0.2) is 46.8 Å². The number of thiophene rings is 1. The molecule has 2 heterocycles. The largest absolute Gasteiger partial charge is 0.354 e. The molecule has 0 atom stereocenters. The van der Waals surface area contributed by atoms with Crippen LogP contribution >= 0.6 is 11.3 Å². The van der Waals surface area contributed by atoms with Gasteiger partial charge in [-0.1, -0.05) is 6.07 Å². The number of pyridine rings is 1. The summed E-state index contributed by atoms with van der Waals surface area (Å²) in [5.74, 6) is 0. The molecule has 0 aliphatic rings. The molecule has 2 aromatic rings. The summed E-state index contributed by atoms with van der Waals surface area (Å²) in [6.45, 7) is 0.931. The van der Waals surface area contributed by atoms with Crippen molar-refractivity contribution in [3.63, 3.8) is 0 Å². The molecular weight excluding hydrogens is 194 g/mol. The van der Waals surface area contributed by atoms with Crippen molar-refractivity contribution >= 4 is 11.3 Å². The summed E-state index contributed by atoms with van der Waals surface area (Å²) in [5, 5.41) is 2.08. The average molecular weight is 205 g/mol. The first-order chi connectivity index (χ1) is 6.84. The molecule has 0 aromatic carbocycles. The Morgan fingerprint density at radius 3 is 2.64 bits per heavy atom. The van der Waals surface area contributed by atoms with Gasteiger partial charge in [-0.25, -0.2) is 0 Å². The lowest BCUT2D eigenvalue weighted by molar-refractivity contribution is 0.696. The van der Waals surface area contributed by atoms with Gasteiger partial charge in [0.15, 0.2) is 5.43 Å². The van der Waals surface area contributed by atoms with Gasteiger partial charge in [0.2, 0.25) is 0 Å². The summed E-state index contributed by atoms with van der Waals surface area (Å²) in [6, 6.07) is 7.38. The zero-order valence-corrected chi connectivity index (χ0v) is 8.54. The standard InChI is InChI=1S/C11H11NOS/c13-10-3-6-12(7-4-10)8-5-11-2-1-9-14-11/h1-4,6-7,9H,5,8H2. The van der Waals surface area contributed by atoms with Crippen molar-refractivity contribution in [1.29, 1.82) is 0 Å². The van der Waals surface area contributed by atoms with Crippen molar-refractivity contribution in [1.82, 2.24) is 4.57 Å². The first-order valence-corrected chi connectivity index (χ1v) is 5.41. The van der Waals surface area contributed by atoms with Crippen LogP contribution in [-0.2, 0) is 13.0 Å². The van der Waals surface area contributed by atoms with E-state index in [0.717, 1.165) is 13.0 Å². The van der Waals surface area contributed by atoms with Crippen molar-refractivity contribution in [3.8, 4) is 0 Å². The van der Waals surface area contributed by atoms with Gasteiger partial charge in [0.1, 0.15) is 0 Å². The molecule has 2 rings (SSSR count). The number of nitrogens with zero attached hydrogens (tertiary/aromatic N) is 1. The van der Waals surface area contributed by atoms with Crippen molar-refractivity contribution in [3.05, 3.63) is 57.1 Å². The molecule has 0 N–H and O–H groups in total. The molecule has 0 radical (unpaired) electrons. The van der Waals surface area contributed by atoms with Gasteiger partial charge in [-0.2, -0.15) is 0 Å². The van der Waals surface area contributed by atoms with E-state index in [0.29, 0.717) is 0 Å². The molecule has 0 bridgehead atoms. The minimum Gasteiger partial charge on any atom is -0.354 e. The fourth-order valence-corrected chi connectivity index (χ4v) is 1.99. The molecule has 0 aliphatic heterocycles. The minimum atomic E-state index is 0.0670. The molecule has 14 heavy (non-hydrogen) atoms. The molecule has 0 aliphatic carbocycles. The van der Waals surface area contributed by atoms with Crippen molar-refractivity contribution in [2.24, 2.45) is 0 Å². The monoisotopic (exact) mass is 205 g/mol. The van der Waals surface area contributed by atoms with Gasteiger partial charge in [0, 0.05) is 35.9 Å². The highest BCUT2D eigenvalue weighted by molar-refractivity contribution is 7.09. The number of aromatic nitrogens is 1. The lowest BCUT2D eigenvalue weighted by atomic mass is 10.3. The topological polar surface area (TPSA) is 22.0 Å². The van der Waals surface area contributed by atoms with Crippen LogP contribution < -0.4 is 5.43 Å². The SMILES string of the molecule is O=c1ccn(CCc2cccs2)cc1. The van der Waals surface area contributed by atoms with Crippen LogP contribution in [0.2, 0.25) is 0 Å².